The van der Waals surface area contributed by atoms with Crippen LogP contribution < -0.4 is 10.6 Å². The molecule has 1 heterocycles. The monoisotopic (exact) mass is 268 g/mol. The van der Waals surface area contributed by atoms with E-state index in [1.54, 1.807) is 26.4 Å². The molecule has 0 spiro atoms. The molecule has 1 aromatic heterocycles. The molecule has 1 unspecified atom stereocenters. The summed E-state index contributed by atoms with van der Waals surface area (Å²) in [6.45, 7) is 3.46. The van der Waals surface area contributed by atoms with E-state index >= 15 is 0 Å². The molecule has 0 bridgehead atoms. The summed E-state index contributed by atoms with van der Waals surface area (Å²) in [5, 5.41) is 13.5. The van der Waals surface area contributed by atoms with Gasteiger partial charge in [0.05, 0.1) is 12.7 Å². The third-order valence-corrected chi connectivity index (χ3v) is 2.43. The van der Waals surface area contributed by atoms with Gasteiger partial charge >= 0.3 is 0 Å². The second kappa shape index (κ2) is 8.39. The fourth-order valence-corrected chi connectivity index (χ4v) is 1.41. The smallest absolute Gasteiger partial charge is 0.271 e. The van der Waals surface area contributed by atoms with Crippen molar-refractivity contribution in [3.8, 4) is 0 Å². The number of methoxy groups -OCH3 is 2. The number of anilines is 1. The first-order valence-corrected chi connectivity index (χ1v) is 6.08. The van der Waals surface area contributed by atoms with Gasteiger partial charge in [-0.25, -0.2) is 0 Å². The molecule has 0 aromatic carbocycles. The Morgan fingerprint density at radius 3 is 2.68 bits per heavy atom. The fraction of sp³-hybridized carbons (Fsp3) is 0.583. The zero-order valence-corrected chi connectivity index (χ0v) is 11.5. The van der Waals surface area contributed by atoms with Crippen molar-refractivity contribution in [3.63, 3.8) is 0 Å². The minimum absolute atomic E-state index is 0.0603. The maximum absolute atomic E-state index is 11.5. The van der Waals surface area contributed by atoms with Gasteiger partial charge < -0.3 is 20.1 Å². The Kier molecular flexibility index (Phi) is 6.76. The lowest BCUT2D eigenvalue weighted by atomic mass is 10.3. The van der Waals surface area contributed by atoms with Crippen LogP contribution in [0, 0.1) is 0 Å². The van der Waals surface area contributed by atoms with Crippen molar-refractivity contribution in [3.05, 3.63) is 17.8 Å². The van der Waals surface area contributed by atoms with Crippen LogP contribution in [-0.2, 0) is 9.47 Å². The first-order valence-electron chi connectivity index (χ1n) is 6.08. The van der Waals surface area contributed by atoms with Crippen LogP contribution in [0.25, 0.3) is 0 Å². The number of amides is 1. The highest BCUT2D eigenvalue weighted by Crippen LogP contribution is 2.03. The maximum atomic E-state index is 11.5. The highest BCUT2D eigenvalue weighted by Gasteiger charge is 2.09. The molecule has 0 aliphatic heterocycles. The van der Waals surface area contributed by atoms with Gasteiger partial charge in [0.15, 0.2) is 5.69 Å². The highest BCUT2D eigenvalue weighted by atomic mass is 16.5. The van der Waals surface area contributed by atoms with E-state index in [-0.39, 0.29) is 12.0 Å². The molecule has 0 aliphatic rings. The number of nitrogens with zero attached hydrogens (tertiary/aromatic N) is 2. The predicted molar refractivity (Wildman–Crippen MR) is 71.2 cm³/mol. The zero-order chi connectivity index (χ0) is 14.1. The Labute approximate surface area is 112 Å². The van der Waals surface area contributed by atoms with Gasteiger partial charge in [0.25, 0.3) is 5.91 Å². The van der Waals surface area contributed by atoms with Gasteiger partial charge in [0, 0.05) is 27.3 Å². The summed E-state index contributed by atoms with van der Waals surface area (Å²) < 4.78 is 10.2. The molecule has 1 aromatic rings. The number of hydrogen-bond acceptors (Lipinski definition) is 6. The number of aromatic nitrogens is 2. The third-order valence-electron chi connectivity index (χ3n) is 2.43. The summed E-state index contributed by atoms with van der Waals surface area (Å²) in [6, 6.07) is 3.33. The molecule has 0 fully saturated rings. The molecule has 0 saturated carbocycles. The molecule has 0 radical (unpaired) electrons. The van der Waals surface area contributed by atoms with Crippen molar-refractivity contribution in [2.24, 2.45) is 0 Å². The van der Waals surface area contributed by atoms with E-state index in [0.29, 0.717) is 31.2 Å². The van der Waals surface area contributed by atoms with Crippen molar-refractivity contribution in [2.45, 2.75) is 13.0 Å². The van der Waals surface area contributed by atoms with Crippen LogP contribution in [0.5, 0.6) is 0 Å². The number of rotatable bonds is 8. The Balaban J connectivity index is 2.50. The lowest BCUT2D eigenvalue weighted by Crippen LogP contribution is -2.27. The Hall–Kier alpha value is -1.73. The molecule has 0 saturated heterocycles. The maximum Gasteiger partial charge on any atom is 0.271 e. The number of nitrogens with one attached hydrogen (secondary N) is 2. The average Bonchev–Trinajstić information content (AvgIpc) is 2.44. The molecule has 106 valence electrons. The van der Waals surface area contributed by atoms with Crippen molar-refractivity contribution in [2.75, 3.05) is 39.2 Å². The van der Waals surface area contributed by atoms with Crippen molar-refractivity contribution in [1.29, 1.82) is 0 Å². The molecule has 1 atom stereocenters. The van der Waals surface area contributed by atoms with Gasteiger partial charge in [-0.1, -0.05) is 0 Å². The summed E-state index contributed by atoms with van der Waals surface area (Å²) in [5.41, 5.74) is 0.299. The average molecular weight is 268 g/mol. The second-order valence-electron chi connectivity index (χ2n) is 3.86. The van der Waals surface area contributed by atoms with Crippen LogP contribution in [0.4, 0.5) is 5.82 Å². The highest BCUT2D eigenvalue weighted by molar-refractivity contribution is 5.92. The third kappa shape index (κ3) is 5.19. The molecule has 0 aliphatic carbocycles. The molecule has 1 amide bonds. The van der Waals surface area contributed by atoms with Crippen molar-refractivity contribution < 1.29 is 14.3 Å². The lowest BCUT2D eigenvalue weighted by molar-refractivity contribution is 0.0365. The van der Waals surface area contributed by atoms with Gasteiger partial charge in [-0.3, -0.25) is 4.79 Å². The van der Waals surface area contributed by atoms with E-state index in [9.17, 15) is 4.79 Å². The summed E-state index contributed by atoms with van der Waals surface area (Å²) >= 11 is 0. The van der Waals surface area contributed by atoms with Crippen LogP contribution in [-0.4, -0.2) is 56.1 Å². The predicted octanol–water partition coefficient (Wildman–Crippen LogP) is 0.300. The van der Waals surface area contributed by atoms with E-state index in [1.807, 2.05) is 6.92 Å². The van der Waals surface area contributed by atoms with Gasteiger partial charge in [0.1, 0.15) is 5.82 Å². The molecule has 7 heteroatoms. The minimum atomic E-state index is -0.226. The van der Waals surface area contributed by atoms with Gasteiger partial charge in [0.2, 0.25) is 0 Å². The van der Waals surface area contributed by atoms with E-state index in [2.05, 4.69) is 20.8 Å². The van der Waals surface area contributed by atoms with Crippen LogP contribution in [0.1, 0.15) is 17.4 Å². The zero-order valence-electron chi connectivity index (χ0n) is 11.5. The molecule has 1 rings (SSSR count). The molecule has 2 N–H and O–H groups in total. The van der Waals surface area contributed by atoms with Gasteiger partial charge in [-0.15, -0.1) is 10.2 Å². The molecular weight excluding hydrogens is 248 g/mol. The molecule has 19 heavy (non-hydrogen) atoms. The minimum Gasteiger partial charge on any atom is -0.382 e. The quantitative estimate of drug-likeness (QED) is 0.705. The second-order valence-corrected chi connectivity index (χ2v) is 3.86. The van der Waals surface area contributed by atoms with Gasteiger partial charge in [-0.05, 0) is 19.1 Å². The first kappa shape index (κ1) is 15.3. The van der Waals surface area contributed by atoms with Crippen LogP contribution in [0.15, 0.2) is 12.1 Å². The van der Waals surface area contributed by atoms with Crippen molar-refractivity contribution in [1.82, 2.24) is 15.5 Å². The number of carbonyl (C=O) groups is 1. The van der Waals surface area contributed by atoms with Crippen LogP contribution >= 0.6 is 0 Å². The largest absolute Gasteiger partial charge is 0.382 e. The standard InChI is InChI=1S/C12H20N4O3/c1-4-13-12(17)10-5-6-11(16-15-10)14-7-9(19-3)8-18-2/h5-6,9H,4,7-8H2,1-3H3,(H,13,17)(H,14,16). The number of carbonyl (C=O) groups excluding carboxylic acids is 1. The van der Waals surface area contributed by atoms with Gasteiger partial charge in [-0.2, -0.15) is 0 Å². The Morgan fingerprint density at radius 2 is 2.16 bits per heavy atom. The molecule has 7 nitrogen and oxygen atoms in total. The van der Waals surface area contributed by atoms with E-state index < -0.39 is 0 Å². The Bertz CT molecular complexity index is 383. The number of ether oxygens (including phenoxy) is 2. The topological polar surface area (TPSA) is 85.4 Å². The lowest BCUT2D eigenvalue weighted by Gasteiger charge is -2.15. The fourth-order valence-electron chi connectivity index (χ4n) is 1.41. The van der Waals surface area contributed by atoms with E-state index in [0.717, 1.165) is 0 Å². The number of hydrogen-bond donors (Lipinski definition) is 2. The Morgan fingerprint density at radius 1 is 1.37 bits per heavy atom. The molecular formula is C12H20N4O3. The van der Waals surface area contributed by atoms with Crippen LogP contribution in [0.2, 0.25) is 0 Å². The van der Waals surface area contributed by atoms with Crippen LogP contribution in [0.3, 0.4) is 0 Å². The first-order chi connectivity index (χ1) is 9.21. The summed E-state index contributed by atoms with van der Waals surface area (Å²) in [5.74, 6) is 0.363. The van der Waals surface area contributed by atoms with E-state index in [4.69, 9.17) is 9.47 Å². The summed E-state index contributed by atoms with van der Waals surface area (Å²) in [7, 11) is 3.24. The summed E-state index contributed by atoms with van der Waals surface area (Å²) in [4.78, 5) is 11.5. The van der Waals surface area contributed by atoms with Crippen molar-refractivity contribution >= 4 is 11.7 Å². The normalized spacial score (nSPS) is 11.9. The summed E-state index contributed by atoms with van der Waals surface area (Å²) in [6.07, 6.45) is -0.0603. The SMILES string of the molecule is CCNC(=O)c1ccc(NCC(COC)OC)nn1. The van der Waals surface area contributed by atoms with E-state index in [1.165, 1.54) is 0 Å².